The Hall–Kier alpha value is -0.860. The minimum Gasteiger partial charge on any atom is -0.395 e. The number of hydrogen-bond acceptors (Lipinski definition) is 2. The fourth-order valence-corrected chi connectivity index (χ4v) is 2.48. The molecular formula is C14H21NO. The molecule has 1 saturated heterocycles. The molecule has 1 aliphatic rings. The van der Waals surface area contributed by atoms with Crippen LogP contribution in [0.2, 0.25) is 0 Å². The molecule has 0 bridgehead atoms. The van der Waals surface area contributed by atoms with Gasteiger partial charge in [-0.25, -0.2) is 0 Å². The highest BCUT2D eigenvalue weighted by Crippen LogP contribution is 2.20. The van der Waals surface area contributed by atoms with Crippen molar-refractivity contribution in [2.45, 2.75) is 38.8 Å². The number of piperidine rings is 1. The van der Waals surface area contributed by atoms with Gasteiger partial charge < -0.3 is 5.11 Å². The third kappa shape index (κ3) is 2.63. The van der Waals surface area contributed by atoms with Crippen LogP contribution < -0.4 is 0 Å². The molecule has 16 heavy (non-hydrogen) atoms. The first-order valence-corrected chi connectivity index (χ1v) is 6.20. The molecule has 0 saturated carbocycles. The Balaban J connectivity index is 2.05. The van der Waals surface area contributed by atoms with Gasteiger partial charge in [-0.15, -0.1) is 0 Å². The van der Waals surface area contributed by atoms with Gasteiger partial charge in [0, 0.05) is 12.6 Å². The Bertz CT molecular complexity index is 337. The molecule has 1 aromatic carbocycles. The number of likely N-dealkylation sites (tertiary alicyclic amines) is 1. The van der Waals surface area contributed by atoms with Gasteiger partial charge in [0.2, 0.25) is 0 Å². The van der Waals surface area contributed by atoms with E-state index in [1.54, 1.807) is 0 Å². The Morgan fingerprint density at radius 2 is 2.12 bits per heavy atom. The van der Waals surface area contributed by atoms with E-state index >= 15 is 0 Å². The molecule has 1 aliphatic heterocycles. The molecule has 0 amide bonds. The molecule has 1 aromatic rings. The molecule has 0 unspecified atom stereocenters. The number of aliphatic hydroxyl groups is 1. The van der Waals surface area contributed by atoms with E-state index < -0.39 is 0 Å². The lowest BCUT2D eigenvalue weighted by atomic mass is 10.0. The summed E-state index contributed by atoms with van der Waals surface area (Å²) >= 11 is 0. The van der Waals surface area contributed by atoms with E-state index in [1.165, 1.54) is 24.0 Å². The Kier molecular flexibility index (Phi) is 3.97. The van der Waals surface area contributed by atoms with Gasteiger partial charge in [0.1, 0.15) is 0 Å². The van der Waals surface area contributed by atoms with E-state index in [2.05, 4.69) is 36.1 Å². The van der Waals surface area contributed by atoms with Crippen molar-refractivity contribution in [2.75, 3.05) is 13.2 Å². The molecule has 2 rings (SSSR count). The van der Waals surface area contributed by atoms with Gasteiger partial charge in [-0.1, -0.05) is 30.7 Å². The zero-order valence-corrected chi connectivity index (χ0v) is 10.0. The van der Waals surface area contributed by atoms with Crippen molar-refractivity contribution < 1.29 is 5.11 Å². The Morgan fingerprint density at radius 1 is 1.31 bits per heavy atom. The van der Waals surface area contributed by atoms with Gasteiger partial charge in [0.15, 0.2) is 0 Å². The zero-order chi connectivity index (χ0) is 11.4. The molecule has 2 nitrogen and oxygen atoms in total. The van der Waals surface area contributed by atoms with Crippen LogP contribution in [0.15, 0.2) is 24.3 Å². The van der Waals surface area contributed by atoms with Gasteiger partial charge in [-0.05, 0) is 37.4 Å². The average Bonchev–Trinajstić information content (AvgIpc) is 2.33. The minimum absolute atomic E-state index is 0.298. The lowest BCUT2D eigenvalue weighted by molar-refractivity contribution is 0.0840. The van der Waals surface area contributed by atoms with Crippen LogP contribution in [0, 0.1) is 6.92 Å². The fraction of sp³-hybridized carbons (Fsp3) is 0.571. The number of benzene rings is 1. The number of rotatable bonds is 3. The second-order valence-corrected chi connectivity index (χ2v) is 4.73. The molecule has 0 aliphatic carbocycles. The monoisotopic (exact) mass is 219 g/mol. The van der Waals surface area contributed by atoms with Crippen LogP contribution in [0.5, 0.6) is 0 Å². The predicted octanol–water partition coefficient (Wildman–Crippen LogP) is 2.34. The normalized spacial score (nSPS) is 22.2. The van der Waals surface area contributed by atoms with E-state index in [9.17, 15) is 5.11 Å². The highest BCUT2D eigenvalue weighted by Gasteiger charge is 2.21. The number of hydrogen-bond donors (Lipinski definition) is 1. The van der Waals surface area contributed by atoms with Crippen molar-refractivity contribution in [3.63, 3.8) is 0 Å². The maximum atomic E-state index is 9.37. The molecular weight excluding hydrogens is 198 g/mol. The summed E-state index contributed by atoms with van der Waals surface area (Å²) in [6.45, 7) is 4.57. The molecule has 1 N–H and O–H groups in total. The summed E-state index contributed by atoms with van der Waals surface area (Å²) in [7, 11) is 0. The van der Waals surface area contributed by atoms with Gasteiger partial charge in [0.05, 0.1) is 6.61 Å². The van der Waals surface area contributed by atoms with Crippen LogP contribution in [0.3, 0.4) is 0 Å². The summed E-state index contributed by atoms with van der Waals surface area (Å²) in [6, 6.07) is 8.90. The third-order valence-electron chi connectivity index (χ3n) is 3.59. The zero-order valence-electron chi connectivity index (χ0n) is 10.0. The first-order valence-electron chi connectivity index (χ1n) is 6.20. The van der Waals surface area contributed by atoms with Crippen molar-refractivity contribution in [1.82, 2.24) is 4.90 Å². The standard InChI is InChI=1S/C14H21NO/c1-12-6-2-3-7-13(12)10-15-9-5-4-8-14(15)11-16/h2-3,6-7,14,16H,4-5,8-11H2,1H3/t14-/m1/s1. The van der Waals surface area contributed by atoms with Crippen molar-refractivity contribution in [3.05, 3.63) is 35.4 Å². The van der Waals surface area contributed by atoms with Gasteiger partial charge in [-0.3, -0.25) is 4.90 Å². The molecule has 1 fully saturated rings. The maximum absolute atomic E-state index is 9.37. The lowest BCUT2D eigenvalue weighted by Gasteiger charge is -2.34. The molecule has 0 spiro atoms. The van der Waals surface area contributed by atoms with Crippen molar-refractivity contribution in [2.24, 2.45) is 0 Å². The van der Waals surface area contributed by atoms with Crippen LogP contribution in [0.1, 0.15) is 30.4 Å². The van der Waals surface area contributed by atoms with E-state index in [4.69, 9.17) is 0 Å². The number of aliphatic hydroxyl groups excluding tert-OH is 1. The van der Waals surface area contributed by atoms with Crippen molar-refractivity contribution >= 4 is 0 Å². The van der Waals surface area contributed by atoms with Crippen LogP contribution in [0.4, 0.5) is 0 Å². The van der Waals surface area contributed by atoms with Crippen molar-refractivity contribution in [1.29, 1.82) is 0 Å². The van der Waals surface area contributed by atoms with E-state index in [-0.39, 0.29) is 0 Å². The summed E-state index contributed by atoms with van der Waals surface area (Å²) in [5.74, 6) is 0. The van der Waals surface area contributed by atoms with Crippen molar-refractivity contribution in [3.8, 4) is 0 Å². The predicted molar refractivity (Wildman–Crippen MR) is 66.3 cm³/mol. The SMILES string of the molecule is Cc1ccccc1CN1CCCC[C@@H]1CO. The summed E-state index contributed by atoms with van der Waals surface area (Å²) < 4.78 is 0. The van der Waals surface area contributed by atoms with E-state index in [0.29, 0.717) is 12.6 Å². The highest BCUT2D eigenvalue weighted by atomic mass is 16.3. The average molecular weight is 219 g/mol. The van der Waals surface area contributed by atoms with Gasteiger partial charge in [0.25, 0.3) is 0 Å². The number of nitrogens with zero attached hydrogens (tertiary/aromatic N) is 1. The molecule has 1 atom stereocenters. The fourth-order valence-electron chi connectivity index (χ4n) is 2.48. The topological polar surface area (TPSA) is 23.5 Å². The molecule has 0 radical (unpaired) electrons. The molecule has 1 heterocycles. The molecule has 2 heteroatoms. The quantitative estimate of drug-likeness (QED) is 0.843. The van der Waals surface area contributed by atoms with Crippen LogP contribution in [-0.4, -0.2) is 29.2 Å². The van der Waals surface area contributed by atoms with E-state index in [1.807, 2.05) is 0 Å². The maximum Gasteiger partial charge on any atom is 0.0586 e. The second-order valence-electron chi connectivity index (χ2n) is 4.73. The van der Waals surface area contributed by atoms with Gasteiger partial charge >= 0.3 is 0 Å². The summed E-state index contributed by atoms with van der Waals surface area (Å²) in [5, 5.41) is 9.37. The third-order valence-corrected chi connectivity index (χ3v) is 3.59. The molecule has 0 aromatic heterocycles. The van der Waals surface area contributed by atoms with E-state index in [0.717, 1.165) is 19.5 Å². The first kappa shape index (κ1) is 11.6. The minimum atomic E-state index is 0.298. The Labute approximate surface area is 97.9 Å². The van der Waals surface area contributed by atoms with Crippen LogP contribution >= 0.6 is 0 Å². The summed E-state index contributed by atoms with van der Waals surface area (Å²) in [5.41, 5.74) is 2.74. The van der Waals surface area contributed by atoms with Gasteiger partial charge in [-0.2, -0.15) is 0 Å². The first-order chi connectivity index (χ1) is 7.81. The summed E-state index contributed by atoms with van der Waals surface area (Å²) in [4.78, 5) is 2.42. The lowest BCUT2D eigenvalue weighted by Crippen LogP contribution is -2.41. The van der Waals surface area contributed by atoms with Crippen LogP contribution in [-0.2, 0) is 6.54 Å². The smallest absolute Gasteiger partial charge is 0.0586 e. The summed E-state index contributed by atoms with van der Waals surface area (Å²) in [6.07, 6.45) is 3.67. The van der Waals surface area contributed by atoms with Crippen LogP contribution in [0.25, 0.3) is 0 Å². The molecule has 88 valence electrons. The second kappa shape index (κ2) is 5.46. The highest BCUT2D eigenvalue weighted by molar-refractivity contribution is 5.25. The number of aryl methyl sites for hydroxylation is 1. The Morgan fingerprint density at radius 3 is 2.88 bits per heavy atom. The largest absolute Gasteiger partial charge is 0.395 e.